The lowest BCUT2D eigenvalue weighted by atomic mass is 10.2. The Balaban J connectivity index is 1.55. The van der Waals surface area contributed by atoms with Crippen molar-refractivity contribution < 1.29 is 9.53 Å². The number of nitrogens with one attached hydrogen (secondary N) is 1. The van der Waals surface area contributed by atoms with Gasteiger partial charge in [0.1, 0.15) is 5.82 Å². The van der Waals surface area contributed by atoms with Crippen molar-refractivity contribution >= 4 is 16.9 Å². The zero-order chi connectivity index (χ0) is 16.5. The van der Waals surface area contributed by atoms with E-state index in [2.05, 4.69) is 14.8 Å². The number of nitrogens with zero attached hydrogens (tertiary/aromatic N) is 3. The van der Waals surface area contributed by atoms with Crippen molar-refractivity contribution in [3.63, 3.8) is 0 Å². The number of benzene rings is 1. The summed E-state index contributed by atoms with van der Waals surface area (Å²) in [7, 11) is 0. The van der Waals surface area contributed by atoms with Crippen LogP contribution in [0.3, 0.4) is 0 Å². The lowest BCUT2D eigenvalue weighted by Gasteiger charge is -2.29. The third kappa shape index (κ3) is 2.91. The summed E-state index contributed by atoms with van der Waals surface area (Å²) in [5.74, 6) is 1.05. The number of imidazole rings is 1. The Labute approximate surface area is 141 Å². The fourth-order valence-corrected chi connectivity index (χ4v) is 3.71. The molecule has 4 rings (SSSR count). The van der Waals surface area contributed by atoms with Crippen LogP contribution in [0.1, 0.15) is 35.9 Å². The molecule has 1 atom stereocenters. The van der Waals surface area contributed by atoms with E-state index in [1.807, 2.05) is 25.1 Å². The molecule has 1 amide bonds. The summed E-state index contributed by atoms with van der Waals surface area (Å²) < 4.78 is 8.03. The van der Waals surface area contributed by atoms with Crippen molar-refractivity contribution in [1.29, 1.82) is 0 Å². The minimum atomic E-state index is -0.0367. The molecule has 0 aliphatic carbocycles. The Morgan fingerprint density at radius 1 is 1.42 bits per heavy atom. The third-order valence-corrected chi connectivity index (χ3v) is 4.92. The Morgan fingerprint density at radius 2 is 2.33 bits per heavy atom. The normalized spacial score (nSPS) is 21.1. The maximum absolute atomic E-state index is 12.0. The standard InChI is InChI=1S/C18H24N4O2/c1-2-19-18(23)13-5-6-16-15(10-13)20-17-12-21(7-8-22(16)17)11-14-4-3-9-24-14/h5-6,10,14H,2-4,7-9,11-12H2,1H3,(H,19,23)/t14-/m0/s1. The van der Waals surface area contributed by atoms with E-state index in [9.17, 15) is 4.79 Å². The molecule has 2 aliphatic heterocycles. The molecule has 0 spiro atoms. The van der Waals surface area contributed by atoms with E-state index in [1.165, 1.54) is 12.8 Å². The molecule has 1 N–H and O–H groups in total. The van der Waals surface area contributed by atoms with Crippen LogP contribution in [0, 0.1) is 0 Å². The van der Waals surface area contributed by atoms with Gasteiger partial charge in [-0.25, -0.2) is 4.98 Å². The average molecular weight is 328 g/mol. The van der Waals surface area contributed by atoms with Gasteiger partial charge in [-0.05, 0) is 38.0 Å². The molecule has 0 unspecified atom stereocenters. The average Bonchev–Trinajstić information content (AvgIpc) is 3.21. The number of aromatic nitrogens is 2. The molecule has 6 nitrogen and oxygen atoms in total. The number of amides is 1. The van der Waals surface area contributed by atoms with Crippen molar-refractivity contribution in [3.8, 4) is 0 Å². The molecule has 1 aromatic heterocycles. The Morgan fingerprint density at radius 3 is 3.12 bits per heavy atom. The highest BCUT2D eigenvalue weighted by atomic mass is 16.5. The monoisotopic (exact) mass is 328 g/mol. The predicted molar refractivity (Wildman–Crippen MR) is 92.0 cm³/mol. The number of ether oxygens (including phenoxy) is 1. The molecule has 2 aliphatic rings. The van der Waals surface area contributed by atoms with Crippen LogP contribution in [0.5, 0.6) is 0 Å². The molecule has 2 aromatic rings. The van der Waals surface area contributed by atoms with E-state index in [1.54, 1.807) is 0 Å². The van der Waals surface area contributed by atoms with Gasteiger partial charge < -0.3 is 14.6 Å². The summed E-state index contributed by atoms with van der Waals surface area (Å²) in [6.45, 7) is 7.27. The van der Waals surface area contributed by atoms with Crippen molar-refractivity contribution in [2.45, 2.75) is 39.0 Å². The molecule has 3 heterocycles. The van der Waals surface area contributed by atoms with Crippen LogP contribution < -0.4 is 5.32 Å². The van der Waals surface area contributed by atoms with Gasteiger partial charge in [0, 0.05) is 38.3 Å². The summed E-state index contributed by atoms with van der Waals surface area (Å²) in [5.41, 5.74) is 2.71. The minimum absolute atomic E-state index is 0.0367. The summed E-state index contributed by atoms with van der Waals surface area (Å²) >= 11 is 0. The summed E-state index contributed by atoms with van der Waals surface area (Å²) in [5, 5.41) is 2.84. The zero-order valence-corrected chi connectivity index (χ0v) is 14.1. The van der Waals surface area contributed by atoms with Crippen LogP contribution in [-0.4, -0.2) is 52.7 Å². The van der Waals surface area contributed by atoms with Gasteiger partial charge in [0.05, 0.1) is 23.7 Å². The molecule has 128 valence electrons. The molecule has 0 radical (unpaired) electrons. The Bertz CT molecular complexity index is 749. The van der Waals surface area contributed by atoms with E-state index < -0.39 is 0 Å². The largest absolute Gasteiger partial charge is 0.377 e. The van der Waals surface area contributed by atoms with E-state index in [-0.39, 0.29) is 5.91 Å². The van der Waals surface area contributed by atoms with E-state index >= 15 is 0 Å². The molecule has 1 saturated heterocycles. The van der Waals surface area contributed by atoms with Crippen molar-refractivity contribution in [1.82, 2.24) is 19.8 Å². The maximum atomic E-state index is 12.0. The fraction of sp³-hybridized carbons (Fsp3) is 0.556. The van der Waals surface area contributed by atoms with Gasteiger partial charge in [0.15, 0.2) is 0 Å². The molecular weight excluding hydrogens is 304 g/mol. The van der Waals surface area contributed by atoms with Gasteiger partial charge in [-0.15, -0.1) is 0 Å². The highest BCUT2D eigenvalue weighted by Crippen LogP contribution is 2.23. The molecule has 24 heavy (non-hydrogen) atoms. The first kappa shape index (κ1) is 15.6. The zero-order valence-electron chi connectivity index (χ0n) is 14.1. The molecule has 6 heteroatoms. The molecule has 1 fully saturated rings. The van der Waals surface area contributed by atoms with Gasteiger partial charge in [0.2, 0.25) is 0 Å². The highest BCUT2D eigenvalue weighted by molar-refractivity contribution is 5.97. The van der Waals surface area contributed by atoms with Gasteiger partial charge >= 0.3 is 0 Å². The van der Waals surface area contributed by atoms with Crippen molar-refractivity contribution in [2.75, 3.05) is 26.2 Å². The number of carbonyl (C=O) groups is 1. The number of rotatable bonds is 4. The van der Waals surface area contributed by atoms with Crippen LogP contribution in [0.25, 0.3) is 11.0 Å². The molecule has 0 bridgehead atoms. The van der Waals surface area contributed by atoms with E-state index in [0.717, 1.165) is 49.6 Å². The topological polar surface area (TPSA) is 59.4 Å². The quantitative estimate of drug-likeness (QED) is 0.929. The fourth-order valence-electron chi connectivity index (χ4n) is 3.71. The Hall–Kier alpha value is -1.92. The summed E-state index contributed by atoms with van der Waals surface area (Å²) in [4.78, 5) is 19.2. The maximum Gasteiger partial charge on any atom is 0.251 e. The van der Waals surface area contributed by atoms with Crippen LogP contribution in [0.15, 0.2) is 18.2 Å². The first-order chi connectivity index (χ1) is 11.7. The number of fused-ring (bicyclic) bond motifs is 3. The predicted octanol–water partition coefficient (Wildman–Crippen LogP) is 1.78. The van der Waals surface area contributed by atoms with Gasteiger partial charge in [-0.2, -0.15) is 0 Å². The Kier molecular flexibility index (Phi) is 4.24. The van der Waals surface area contributed by atoms with Crippen LogP contribution in [0.4, 0.5) is 0 Å². The van der Waals surface area contributed by atoms with Crippen molar-refractivity contribution in [3.05, 3.63) is 29.6 Å². The molecule has 0 saturated carbocycles. The number of hydrogen-bond donors (Lipinski definition) is 1. The van der Waals surface area contributed by atoms with E-state index in [4.69, 9.17) is 9.72 Å². The van der Waals surface area contributed by atoms with Crippen LogP contribution >= 0.6 is 0 Å². The van der Waals surface area contributed by atoms with Gasteiger partial charge in [-0.1, -0.05) is 0 Å². The summed E-state index contributed by atoms with van der Waals surface area (Å²) in [6, 6.07) is 5.81. The first-order valence-electron chi connectivity index (χ1n) is 8.86. The lowest BCUT2D eigenvalue weighted by Crippen LogP contribution is -2.38. The lowest BCUT2D eigenvalue weighted by molar-refractivity contribution is 0.0636. The van der Waals surface area contributed by atoms with Gasteiger partial charge in [-0.3, -0.25) is 9.69 Å². The number of hydrogen-bond acceptors (Lipinski definition) is 4. The molecular formula is C18H24N4O2. The highest BCUT2D eigenvalue weighted by Gasteiger charge is 2.24. The SMILES string of the molecule is CCNC(=O)c1ccc2c(c1)nc1n2CCN(C[C@@H]2CCCO2)C1. The minimum Gasteiger partial charge on any atom is -0.377 e. The van der Waals surface area contributed by atoms with Crippen LogP contribution in [0.2, 0.25) is 0 Å². The molecule has 1 aromatic carbocycles. The summed E-state index contributed by atoms with van der Waals surface area (Å²) in [6.07, 6.45) is 2.73. The van der Waals surface area contributed by atoms with Crippen LogP contribution in [-0.2, 0) is 17.8 Å². The first-order valence-corrected chi connectivity index (χ1v) is 8.86. The second-order valence-electron chi connectivity index (χ2n) is 6.61. The van der Waals surface area contributed by atoms with Crippen molar-refractivity contribution in [2.24, 2.45) is 0 Å². The van der Waals surface area contributed by atoms with E-state index in [0.29, 0.717) is 18.2 Å². The third-order valence-electron chi connectivity index (χ3n) is 4.92. The number of carbonyl (C=O) groups excluding carboxylic acids is 1. The smallest absolute Gasteiger partial charge is 0.251 e. The second-order valence-corrected chi connectivity index (χ2v) is 6.61. The van der Waals surface area contributed by atoms with Gasteiger partial charge in [0.25, 0.3) is 5.91 Å². The second kappa shape index (κ2) is 6.53.